The molecule has 0 radical (unpaired) electrons. The fourth-order valence-electron chi connectivity index (χ4n) is 2.41. The SMILES string of the molecule is COc1ccc(NC(=O)CSc2nncn2CCc2cccs2)c(OC)c1. The lowest BCUT2D eigenvalue weighted by molar-refractivity contribution is -0.113. The monoisotopic (exact) mass is 404 g/mol. The predicted octanol–water partition coefficient (Wildman–Crippen LogP) is 3.33. The molecule has 0 aliphatic rings. The van der Waals surface area contributed by atoms with E-state index in [4.69, 9.17) is 9.47 Å². The van der Waals surface area contributed by atoms with Crippen LogP contribution in [-0.4, -0.2) is 40.6 Å². The van der Waals surface area contributed by atoms with Crippen LogP contribution in [0.25, 0.3) is 0 Å². The van der Waals surface area contributed by atoms with Gasteiger partial charge in [-0.15, -0.1) is 21.5 Å². The molecule has 0 saturated carbocycles. The van der Waals surface area contributed by atoms with Crippen molar-refractivity contribution in [3.63, 3.8) is 0 Å². The van der Waals surface area contributed by atoms with Crippen LogP contribution in [0.1, 0.15) is 4.88 Å². The van der Waals surface area contributed by atoms with Crippen molar-refractivity contribution in [1.29, 1.82) is 0 Å². The van der Waals surface area contributed by atoms with Crippen molar-refractivity contribution in [3.8, 4) is 11.5 Å². The number of anilines is 1. The van der Waals surface area contributed by atoms with E-state index in [-0.39, 0.29) is 11.7 Å². The zero-order valence-electron chi connectivity index (χ0n) is 15.0. The molecule has 0 aliphatic carbocycles. The zero-order chi connectivity index (χ0) is 19.1. The molecule has 0 aliphatic heterocycles. The van der Waals surface area contributed by atoms with Gasteiger partial charge in [0, 0.05) is 17.5 Å². The fourth-order valence-corrected chi connectivity index (χ4v) is 3.85. The van der Waals surface area contributed by atoms with Crippen LogP contribution in [0.15, 0.2) is 47.2 Å². The van der Waals surface area contributed by atoms with Crippen LogP contribution in [0, 0.1) is 0 Å². The number of nitrogens with one attached hydrogen (secondary N) is 1. The summed E-state index contributed by atoms with van der Waals surface area (Å²) in [4.78, 5) is 13.6. The molecule has 0 saturated heterocycles. The zero-order valence-corrected chi connectivity index (χ0v) is 16.7. The standard InChI is InChI=1S/C18H20N4O3S2/c1-24-13-5-6-15(16(10-13)25-2)20-17(23)11-27-18-21-19-12-22(18)8-7-14-4-3-9-26-14/h3-6,9-10,12H,7-8,11H2,1-2H3,(H,20,23). The van der Waals surface area contributed by atoms with Crippen LogP contribution in [0.2, 0.25) is 0 Å². The molecule has 0 unspecified atom stereocenters. The van der Waals surface area contributed by atoms with Crippen molar-refractivity contribution in [3.05, 3.63) is 46.9 Å². The summed E-state index contributed by atoms with van der Waals surface area (Å²) in [5, 5.41) is 13.7. The van der Waals surface area contributed by atoms with Crippen molar-refractivity contribution >= 4 is 34.7 Å². The van der Waals surface area contributed by atoms with Gasteiger partial charge in [0.25, 0.3) is 0 Å². The molecule has 3 aromatic rings. The predicted molar refractivity (Wildman–Crippen MR) is 107 cm³/mol. The Bertz CT molecular complexity index is 881. The third-order valence-electron chi connectivity index (χ3n) is 3.77. The molecule has 2 aromatic heterocycles. The van der Waals surface area contributed by atoms with Crippen LogP contribution in [0.3, 0.4) is 0 Å². The van der Waals surface area contributed by atoms with Crippen LogP contribution < -0.4 is 14.8 Å². The molecular formula is C18H20N4O3S2. The summed E-state index contributed by atoms with van der Waals surface area (Å²) in [5.41, 5.74) is 0.600. The topological polar surface area (TPSA) is 78.3 Å². The number of aromatic nitrogens is 3. The number of thioether (sulfide) groups is 1. The number of hydrogen-bond donors (Lipinski definition) is 1. The lowest BCUT2D eigenvalue weighted by atomic mass is 10.2. The van der Waals surface area contributed by atoms with Crippen LogP contribution in [0.5, 0.6) is 11.5 Å². The third-order valence-corrected chi connectivity index (χ3v) is 5.69. The Labute approximate surface area is 165 Å². The number of carbonyl (C=O) groups is 1. The maximum Gasteiger partial charge on any atom is 0.234 e. The molecule has 27 heavy (non-hydrogen) atoms. The lowest BCUT2D eigenvalue weighted by Crippen LogP contribution is -2.15. The second-order valence-electron chi connectivity index (χ2n) is 5.54. The molecular weight excluding hydrogens is 384 g/mol. The number of hydrogen-bond acceptors (Lipinski definition) is 7. The van der Waals surface area contributed by atoms with E-state index in [1.54, 1.807) is 50.1 Å². The highest BCUT2D eigenvalue weighted by Gasteiger charge is 2.12. The summed E-state index contributed by atoms with van der Waals surface area (Å²) in [6.45, 7) is 0.782. The van der Waals surface area contributed by atoms with Gasteiger partial charge in [-0.25, -0.2) is 0 Å². The highest BCUT2D eigenvalue weighted by atomic mass is 32.2. The average Bonchev–Trinajstić information content (AvgIpc) is 3.36. The number of thiophene rings is 1. The van der Waals surface area contributed by atoms with Gasteiger partial charge in [-0.1, -0.05) is 17.8 Å². The Hall–Kier alpha value is -2.52. The number of aryl methyl sites for hydroxylation is 2. The Morgan fingerprint density at radius 2 is 2.19 bits per heavy atom. The molecule has 2 heterocycles. The minimum absolute atomic E-state index is 0.142. The summed E-state index contributed by atoms with van der Waals surface area (Å²) in [7, 11) is 3.13. The Balaban J connectivity index is 1.55. The third kappa shape index (κ3) is 5.24. The second kappa shape index (κ2) is 9.43. The Morgan fingerprint density at radius 1 is 1.30 bits per heavy atom. The summed E-state index contributed by atoms with van der Waals surface area (Å²) in [6.07, 6.45) is 2.61. The van der Waals surface area contributed by atoms with Gasteiger partial charge in [-0.2, -0.15) is 0 Å². The van der Waals surface area contributed by atoms with Gasteiger partial charge >= 0.3 is 0 Å². The number of ether oxygens (including phenoxy) is 2. The number of rotatable bonds is 9. The molecule has 1 aromatic carbocycles. The maximum atomic E-state index is 12.3. The first-order valence-corrected chi connectivity index (χ1v) is 10.1. The van der Waals surface area contributed by atoms with E-state index in [0.29, 0.717) is 17.2 Å². The summed E-state index contributed by atoms with van der Waals surface area (Å²) in [5.74, 6) is 1.30. The summed E-state index contributed by atoms with van der Waals surface area (Å²) < 4.78 is 12.4. The van der Waals surface area contributed by atoms with Crippen molar-refractivity contribution in [2.45, 2.75) is 18.1 Å². The molecule has 0 fully saturated rings. The van der Waals surface area contributed by atoms with Crippen LogP contribution in [0.4, 0.5) is 5.69 Å². The van der Waals surface area contributed by atoms with Crippen molar-refractivity contribution in [1.82, 2.24) is 14.8 Å². The van der Waals surface area contributed by atoms with Gasteiger partial charge in [0.1, 0.15) is 17.8 Å². The van der Waals surface area contributed by atoms with Gasteiger partial charge in [0.15, 0.2) is 5.16 Å². The van der Waals surface area contributed by atoms with E-state index in [1.165, 1.54) is 16.6 Å². The summed E-state index contributed by atoms with van der Waals surface area (Å²) in [6, 6.07) is 9.40. The molecule has 1 N–H and O–H groups in total. The summed E-state index contributed by atoms with van der Waals surface area (Å²) >= 11 is 3.08. The number of carbonyl (C=O) groups excluding carboxylic acids is 1. The van der Waals surface area contributed by atoms with Crippen molar-refractivity contribution in [2.75, 3.05) is 25.3 Å². The molecule has 1 amide bonds. The van der Waals surface area contributed by atoms with Crippen LogP contribution >= 0.6 is 23.1 Å². The number of benzene rings is 1. The van der Waals surface area contributed by atoms with Crippen molar-refractivity contribution in [2.24, 2.45) is 0 Å². The van der Waals surface area contributed by atoms with Gasteiger partial charge in [0.2, 0.25) is 5.91 Å². The first-order valence-electron chi connectivity index (χ1n) is 8.24. The van der Waals surface area contributed by atoms with E-state index in [0.717, 1.165) is 18.1 Å². The normalized spacial score (nSPS) is 10.6. The van der Waals surface area contributed by atoms with Crippen molar-refractivity contribution < 1.29 is 14.3 Å². The highest BCUT2D eigenvalue weighted by Crippen LogP contribution is 2.29. The minimum Gasteiger partial charge on any atom is -0.497 e. The Kier molecular flexibility index (Phi) is 6.72. The molecule has 3 rings (SSSR count). The molecule has 9 heteroatoms. The minimum atomic E-state index is -0.142. The van der Waals surface area contributed by atoms with Gasteiger partial charge in [-0.3, -0.25) is 4.79 Å². The van der Waals surface area contributed by atoms with E-state index in [9.17, 15) is 4.79 Å². The largest absolute Gasteiger partial charge is 0.497 e. The smallest absolute Gasteiger partial charge is 0.234 e. The second-order valence-corrected chi connectivity index (χ2v) is 7.51. The van der Waals surface area contributed by atoms with Gasteiger partial charge in [0.05, 0.1) is 25.7 Å². The lowest BCUT2D eigenvalue weighted by Gasteiger charge is -2.11. The van der Waals surface area contributed by atoms with Crippen LogP contribution in [-0.2, 0) is 17.8 Å². The first kappa shape index (κ1) is 19.2. The van der Waals surface area contributed by atoms with E-state index in [1.807, 2.05) is 10.6 Å². The van der Waals surface area contributed by atoms with E-state index in [2.05, 4.69) is 27.0 Å². The molecule has 142 valence electrons. The fraction of sp³-hybridized carbons (Fsp3) is 0.278. The van der Waals surface area contributed by atoms with Gasteiger partial charge in [-0.05, 0) is 30.0 Å². The molecule has 0 atom stereocenters. The number of nitrogens with zero attached hydrogens (tertiary/aromatic N) is 3. The highest BCUT2D eigenvalue weighted by molar-refractivity contribution is 7.99. The van der Waals surface area contributed by atoms with E-state index < -0.39 is 0 Å². The molecule has 0 spiro atoms. The molecule has 7 nitrogen and oxygen atoms in total. The number of amides is 1. The average molecular weight is 405 g/mol. The van der Waals surface area contributed by atoms with E-state index >= 15 is 0 Å². The quantitative estimate of drug-likeness (QED) is 0.551. The maximum absolute atomic E-state index is 12.3. The molecule has 0 bridgehead atoms. The number of methoxy groups -OCH3 is 2. The first-order chi connectivity index (χ1) is 13.2. The van der Waals surface area contributed by atoms with Gasteiger partial charge < -0.3 is 19.4 Å². The Morgan fingerprint density at radius 3 is 2.93 bits per heavy atom.